The second-order valence-corrected chi connectivity index (χ2v) is 4.78. The van der Waals surface area contributed by atoms with Crippen LogP contribution in [-0.4, -0.2) is 29.1 Å². The van der Waals surface area contributed by atoms with Crippen molar-refractivity contribution in [1.82, 2.24) is 29.1 Å². The zero-order valence-corrected chi connectivity index (χ0v) is 11.3. The van der Waals surface area contributed by atoms with Gasteiger partial charge in [-0.05, 0) is 18.9 Å². The van der Waals surface area contributed by atoms with Gasteiger partial charge < -0.3 is 5.73 Å². The number of hydrogen-bond acceptors (Lipinski definition) is 4. The van der Waals surface area contributed by atoms with Crippen LogP contribution in [0.25, 0.3) is 11.2 Å². The van der Waals surface area contributed by atoms with Crippen molar-refractivity contribution < 1.29 is 0 Å². The molecule has 3 aromatic heterocycles. The van der Waals surface area contributed by atoms with Gasteiger partial charge in [-0.3, -0.25) is 13.9 Å². The van der Waals surface area contributed by atoms with Crippen LogP contribution in [0.5, 0.6) is 0 Å². The van der Waals surface area contributed by atoms with Gasteiger partial charge in [0.15, 0.2) is 5.65 Å². The summed E-state index contributed by atoms with van der Waals surface area (Å²) in [7, 11) is 3.83. The number of imidazole rings is 1. The Morgan fingerprint density at radius 2 is 2.11 bits per heavy atom. The largest absolute Gasteiger partial charge is 0.369 e. The second-order valence-electron chi connectivity index (χ2n) is 4.78. The van der Waals surface area contributed by atoms with Gasteiger partial charge >= 0.3 is 0 Å². The summed E-state index contributed by atoms with van der Waals surface area (Å²) in [6, 6.07) is 0. The lowest BCUT2D eigenvalue weighted by molar-refractivity contribution is 0.678. The quantitative estimate of drug-likeness (QED) is 0.748. The van der Waals surface area contributed by atoms with Gasteiger partial charge in [0.1, 0.15) is 5.52 Å². The van der Waals surface area contributed by atoms with Crippen molar-refractivity contribution in [3.05, 3.63) is 23.7 Å². The van der Waals surface area contributed by atoms with Crippen molar-refractivity contribution in [2.24, 2.45) is 14.1 Å². The van der Waals surface area contributed by atoms with Crippen molar-refractivity contribution in [2.75, 3.05) is 5.73 Å². The molecule has 0 aliphatic rings. The first kappa shape index (κ1) is 11.8. The molecule has 0 bridgehead atoms. The van der Waals surface area contributed by atoms with E-state index in [-0.39, 0.29) is 0 Å². The molecule has 19 heavy (non-hydrogen) atoms. The minimum atomic E-state index is 0.537. The highest BCUT2D eigenvalue weighted by Gasteiger charge is 2.15. The highest BCUT2D eigenvalue weighted by molar-refractivity contribution is 5.77. The van der Waals surface area contributed by atoms with Crippen molar-refractivity contribution in [3.63, 3.8) is 0 Å². The van der Waals surface area contributed by atoms with Gasteiger partial charge in [0.05, 0.1) is 11.9 Å². The van der Waals surface area contributed by atoms with E-state index in [4.69, 9.17) is 5.73 Å². The van der Waals surface area contributed by atoms with E-state index in [0.29, 0.717) is 5.95 Å². The van der Waals surface area contributed by atoms with Crippen LogP contribution in [0.2, 0.25) is 0 Å². The summed E-state index contributed by atoms with van der Waals surface area (Å²) in [5.74, 6) is 0.537. The molecule has 0 aliphatic carbocycles. The number of fused-ring (bicyclic) bond motifs is 1. The number of aromatic nitrogens is 6. The number of nitrogens with two attached hydrogens (primary N) is 1. The van der Waals surface area contributed by atoms with Crippen LogP contribution in [-0.2, 0) is 27.1 Å². The molecular formula is C12H17N7. The summed E-state index contributed by atoms with van der Waals surface area (Å²) in [4.78, 5) is 4.39. The molecule has 0 unspecified atom stereocenters. The van der Waals surface area contributed by atoms with Crippen LogP contribution >= 0.6 is 0 Å². The van der Waals surface area contributed by atoms with Gasteiger partial charge in [-0.15, -0.1) is 0 Å². The number of aryl methyl sites for hydroxylation is 5. The molecule has 0 spiro atoms. The van der Waals surface area contributed by atoms with E-state index < -0.39 is 0 Å². The molecule has 0 saturated heterocycles. The zero-order valence-electron chi connectivity index (χ0n) is 11.3. The fraction of sp³-hybridized carbons (Fsp3) is 0.417. The Hall–Kier alpha value is -2.31. The van der Waals surface area contributed by atoms with E-state index in [1.807, 2.05) is 42.7 Å². The molecule has 7 heteroatoms. The van der Waals surface area contributed by atoms with Crippen molar-refractivity contribution >= 4 is 17.1 Å². The van der Waals surface area contributed by atoms with E-state index in [0.717, 1.165) is 29.8 Å². The van der Waals surface area contributed by atoms with Crippen molar-refractivity contribution in [3.8, 4) is 0 Å². The lowest BCUT2D eigenvalue weighted by atomic mass is 10.2. The highest BCUT2D eigenvalue weighted by atomic mass is 15.3. The SMILES string of the molecule is Cc1nn(C)c2c1nc(N)n2CCc1cnn(C)c1. The lowest BCUT2D eigenvalue weighted by Crippen LogP contribution is -2.08. The third-order valence-corrected chi connectivity index (χ3v) is 3.30. The van der Waals surface area contributed by atoms with Crippen LogP contribution in [0.1, 0.15) is 11.3 Å². The summed E-state index contributed by atoms with van der Waals surface area (Å²) in [6.07, 6.45) is 4.76. The Morgan fingerprint density at radius 1 is 1.32 bits per heavy atom. The van der Waals surface area contributed by atoms with E-state index in [2.05, 4.69) is 15.2 Å². The van der Waals surface area contributed by atoms with Gasteiger partial charge in [0, 0.05) is 26.8 Å². The van der Waals surface area contributed by atoms with E-state index in [1.54, 1.807) is 4.68 Å². The Labute approximate surface area is 110 Å². The number of rotatable bonds is 3. The maximum atomic E-state index is 5.99. The van der Waals surface area contributed by atoms with Crippen LogP contribution in [0.15, 0.2) is 12.4 Å². The van der Waals surface area contributed by atoms with Gasteiger partial charge in [-0.2, -0.15) is 10.2 Å². The lowest BCUT2D eigenvalue weighted by Gasteiger charge is -2.05. The summed E-state index contributed by atoms with van der Waals surface area (Å²) >= 11 is 0. The summed E-state index contributed by atoms with van der Waals surface area (Å²) in [5.41, 5.74) is 9.94. The van der Waals surface area contributed by atoms with E-state index in [1.165, 1.54) is 5.56 Å². The van der Waals surface area contributed by atoms with Gasteiger partial charge in [0.2, 0.25) is 5.95 Å². The van der Waals surface area contributed by atoms with Gasteiger partial charge in [-0.1, -0.05) is 0 Å². The van der Waals surface area contributed by atoms with Gasteiger partial charge in [0.25, 0.3) is 0 Å². The normalized spacial score (nSPS) is 11.5. The fourth-order valence-electron chi connectivity index (χ4n) is 2.41. The van der Waals surface area contributed by atoms with Crippen molar-refractivity contribution in [1.29, 1.82) is 0 Å². The van der Waals surface area contributed by atoms with Crippen molar-refractivity contribution in [2.45, 2.75) is 19.9 Å². The average Bonchev–Trinajstić information content (AvgIpc) is 2.97. The zero-order chi connectivity index (χ0) is 13.6. The molecule has 3 heterocycles. The topological polar surface area (TPSA) is 79.5 Å². The van der Waals surface area contributed by atoms with Crippen LogP contribution in [0, 0.1) is 6.92 Å². The first-order valence-corrected chi connectivity index (χ1v) is 6.19. The standard InChI is InChI=1S/C12H17N7/c1-8-10-11(18(3)16-8)19(12(13)15-10)5-4-9-6-14-17(2)7-9/h6-7H,4-5H2,1-3H3,(H2,13,15). The molecule has 3 aromatic rings. The average molecular weight is 259 g/mol. The molecule has 0 atom stereocenters. The highest BCUT2D eigenvalue weighted by Crippen LogP contribution is 2.20. The Kier molecular flexibility index (Phi) is 2.55. The third-order valence-electron chi connectivity index (χ3n) is 3.30. The fourth-order valence-corrected chi connectivity index (χ4v) is 2.41. The molecule has 0 radical (unpaired) electrons. The number of nitrogen functional groups attached to an aromatic ring is 1. The van der Waals surface area contributed by atoms with Crippen LogP contribution in [0.4, 0.5) is 5.95 Å². The van der Waals surface area contributed by atoms with E-state index >= 15 is 0 Å². The van der Waals surface area contributed by atoms with Crippen LogP contribution in [0.3, 0.4) is 0 Å². The second kappa shape index (κ2) is 4.11. The molecule has 3 rings (SSSR count). The number of anilines is 1. The van der Waals surface area contributed by atoms with Crippen LogP contribution < -0.4 is 5.73 Å². The first-order chi connectivity index (χ1) is 9.06. The molecule has 0 saturated carbocycles. The summed E-state index contributed by atoms with van der Waals surface area (Å²) < 4.78 is 5.63. The molecule has 0 amide bonds. The minimum absolute atomic E-state index is 0.537. The molecule has 0 fully saturated rings. The molecular weight excluding hydrogens is 242 g/mol. The molecule has 7 nitrogen and oxygen atoms in total. The predicted octanol–water partition coefficient (Wildman–Crippen LogP) is 0.637. The number of nitrogens with zero attached hydrogens (tertiary/aromatic N) is 6. The Balaban J connectivity index is 1.94. The maximum absolute atomic E-state index is 5.99. The molecule has 2 N–H and O–H groups in total. The minimum Gasteiger partial charge on any atom is -0.369 e. The third kappa shape index (κ3) is 1.87. The predicted molar refractivity (Wildman–Crippen MR) is 72.6 cm³/mol. The number of hydrogen-bond donors (Lipinski definition) is 1. The molecule has 0 aromatic carbocycles. The Bertz CT molecular complexity index is 731. The Morgan fingerprint density at radius 3 is 2.79 bits per heavy atom. The first-order valence-electron chi connectivity index (χ1n) is 6.19. The summed E-state index contributed by atoms with van der Waals surface area (Å²) in [6.45, 7) is 2.72. The van der Waals surface area contributed by atoms with Gasteiger partial charge in [-0.25, -0.2) is 4.98 Å². The summed E-state index contributed by atoms with van der Waals surface area (Å²) in [5, 5.41) is 8.54. The monoisotopic (exact) mass is 259 g/mol. The molecule has 100 valence electrons. The maximum Gasteiger partial charge on any atom is 0.202 e. The smallest absolute Gasteiger partial charge is 0.202 e. The van der Waals surface area contributed by atoms with E-state index in [9.17, 15) is 0 Å². The molecule has 0 aliphatic heterocycles.